The van der Waals surface area contributed by atoms with Gasteiger partial charge in [0.1, 0.15) is 0 Å². The third-order valence-electron chi connectivity index (χ3n) is 2.26. The maximum absolute atomic E-state index is 13.5. The number of ether oxygens (including phenoxy) is 2. The lowest BCUT2D eigenvalue weighted by Crippen LogP contribution is -2.16. The zero-order chi connectivity index (χ0) is 13.7. The molecule has 1 unspecified atom stereocenters. The van der Waals surface area contributed by atoms with Crippen molar-refractivity contribution in [3.63, 3.8) is 0 Å². The van der Waals surface area contributed by atoms with E-state index in [0.717, 1.165) is 12.1 Å². The molecule has 0 radical (unpaired) electrons. The van der Waals surface area contributed by atoms with Crippen molar-refractivity contribution in [1.82, 2.24) is 0 Å². The molecule has 0 fully saturated rings. The number of carbonyl (C=O) groups is 1. The summed E-state index contributed by atoms with van der Waals surface area (Å²) in [7, 11) is 1.28. The number of rotatable bonds is 5. The van der Waals surface area contributed by atoms with Crippen LogP contribution in [-0.4, -0.2) is 19.2 Å². The van der Waals surface area contributed by atoms with Crippen LogP contribution in [0.25, 0.3) is 0 Å². The van der Waals surface area contributed by atoms with Gasteiger partial charge in [0.05, 0.1) is 13.2 Å². The largest absolute Gasteiger partial charge is 0.485 e. The number of benzene rings is 1. The molecule has 0 aliphatic heterocycles. The Hall–Kier alpha value is -1.17. The van der Waals surface area contributed by atoms with Crippen molar-refractivity contribution in [2.45, 2.75) is 25.9 Å². The molecule has 0 aromatic heterocycles. The number of esters is 1. The topological polar surface area (TPSA) is 35.5 Å². The summed E-state index contributed by atoms with van der Waals surface area (Å²) in [5.74, 6) is -2.39. The molecule has 0 bridgehead atoms. The van der Waals surface area contributed by atoms with E-state index in [0.29, 0.717) is 10.9 Å². The van der Waals surface area contributed by atoms with Crippen molar-refractivity contribution in [1.29, 1.82) is 0 Å². The van der Waals surface area contributed by atoms with Crippen LogP contribution in [0.2, 0.25) is 0 Å². The van der Waals surface area contributed by atoms with Crippen molar-refractivity contribution < 1.29 is 23.0 Å². The molecule has 1 atom stereocenters. The second-order valence-corrected chi connectivity index (χ2v) is 4.66. The van der Waals surface area contributed by atoms with E-state index >= 15 is 0 Å². The van der Waals surface area contributed by atoms with Gasteiger partial charge in [-0.05, 0) is 25.5 Å². The molecule has 1 aromatic rings. The van der Waals surface area contributed by atoms with Gasteiger partial charge in [0, 0.05) is 10.9 Å². The first-order valence-corrected chi connectivity index (χ1v) is 6.11. The summed E-state index contributed by atoms with van der Waals surface area (Å²) in [6.45, 7) is 1.63. The van der Waals surface area contributed by atoms with Crippen molar-refractivity contribution in [2.24, 2.45) is 0 Å². The van der Waals surface area contributed by atoms with E-state index in [4.69, 9.17) is 4.74 Å². The normalized spacial score (nSPS) is 12.1. The molecule has 0 spiro atoms. The molecule has 100 valence electrons. The van der Waals surface area contributed by atoms with E-state index < -0.39 is 23.5 Å². The van der Waals surface area contributed by atoms with Gasteiger partial charge < -0.3 is 9.47 Å². The summed E-state index contributed by atoms with van der Waals surface area (Å²) in [6.07, 6.45) is -0.0340. The van der Waals surface area contributed by atoms with Crippen LogP contribution in [0.15, 0.2) is 16.6 Å². The molecule has 0 aliphatic carbocycles. The first-order chi connectivity index (χ1) is 8.43. The molecule has 0 saturated heterocycles. The molecule has 18 heavy (non-hydrogen) atoms. The van der Waals surface area contributed by atoms with Gasteiger partial charge in [-0.15, -0.1) is 0 Å². The molecule has 6 heteroatoms. The fraction of sp³-hybridized carbons (Fsp3) is 0.417. The molecule has 0 amide bonds. The Bertz CT molecular complexity index is 414. The maximum atomic E-state index is 13.5. The van der Waals surface area contributed by atoms with Crippen molar-refractivity contribution in [3.05, 3.63) is 28.2 Å². The van der Waals surface area contributed by atoms with Crippen LogP contribution in [-0.2, 0) is 9.53 Å². The molecule has 3 nitrogen and oxygen atoms in total. The molecular formula is C12H13BrF2O3. The minimum absolute atomic E-state index is 0.136. The van der Waals surface area contributed by atoms with Crippen LogP contribution in [0.4, 0.5) is 8.78 Å². The van der Waals surface area contributed by atoms with Crippen molar-refractivity contribution >= 4 is 21.9 Å². The minimum Gasteiger partial charge on any atom is -0.485 e. The lowest BCUT2D eigenvalue weighted by atomic mass is 10.2. The second kappa shape index (κ2) is 6.68. The first-order valence-electron chi connectivity index (χ1n) is 5.32. The zero-order valence-corrected chi connectivity index (χ0v) is 11.6. The van der Waals surface area contributed by atoms with E-state index in [1.807, 2.05) is 0 Å². The third-order valence-corrected chi connectivity index (χ3v) is 2.72. The van der Waals surface area contributed by atoms with E-state index in [1.165, 1.54) is 7.11 Å². The SMILES string of the molecule is COC(=O)CCC(C)Oc1c(F)cc(Br)cc1F. The number of carbonyl (C=O) groups excluding carboxylic acids is 1. The summed E-state index contributed by atoms with van der Waals surface area (Å²) in [4.78, 5) is 10.9. The Balaban J connectivity index is 2.64. The molecule has 0 N–H and O–H groups in total. The van der Waals surface area contributed by atoms with E-state index in [-0.39, 0.29) is 12.4 Å². The molecule has 0 saturated carbocycles. The summed E-state index contributed by atoms with van der Waals surface area (Å²) in [5.41, 5.74) is 0. The Morgan fingerprint density at radius 3 is 2.44 bits per heavy atom. The van der Waals surface area contributed by atoms with Gasteiger partial charge in [0.15, 0.2) is 17.4 Å². The molecule has 0 aliphatic rings. The summed E-state index contributed by atoms with van der Waals surface area (Å²) in [6, 6.07) is 2.23. The van der Waals surface area contributed by atoms with Gasteiger partial charge in [0.25, 0.3) is 0 Å². The van der Waals surface area contributed by atoms with E-state index in [9.17, 15) is 13.6 Å². The number of methoxy groups -OCH3 is 1. The second-order valence-electron chi connectivity index (χ2n) is 3.74. The highest BCUT2D eigenvalue weighted by molar-refractivity contribution is 9.10. The zero-order valence-electron chi connectivity index (χ0n) is 10.0. The Morgan fingerprint density at radius 2 is 1.94 bits per heavy atom. The van der Waals surface area contributed by atoms with E-state index in [1.54, 1.807) is 6.92 Å². The quantitative estimate of drug-likeness (QED) is 0.779. The van der Waals surface area contributed by atoms with Crippen LogP contribution in [0, 0.1) is 11.6 Å². The summed E-state index contributed by atoms with van der Waals surface area (Å²) < 4.78 is 36.8. The van der Waals surface area contributed by atoms with E-state index in [2.05, 4.69) is 20.7 Å². The van der Waals surface area contributed by atoms with Gasteiger partial charge in [-0.25, -0.2) is 8.78 Å². The van der Waals surface area contributed by atoms with Crippen LogP contribution in [0.3, 0.4) is 0 Å². The Kier molecular flexibility index (Phi) is 5.53. The summed E-state index contributed by atoms with van der Waals surface area (Å²) >= 11 is 2.98. The highest BCUT2D eigenvalue weighted by atomic mass is 79.9. The van der Waals surface area contributed by atoms with Crippen LogP contribution >= 0.6 is 15.9 Å². The summed E-state index contributed by atoms with van der Waals surface area (Å²) in [5, 5.41) is 0. The van der Waals surface area contributed by atoms with Crippen LogP contribution < -0.4 is 4.74 Å². The third kappa shape index (κ3) is 4.25. The maximum Gasteiger partial charge on any atom is 0.305 e. The number of hydrogen-bond donors (Lipinski definition) is 0. The molecule has 1 rings (SSSR count). The average Bonchev–Trinajstić information content (AvgIpc) is 2.30. The average molecular weight is 323 g/mol. The van der Waals surface area contributed by atoms with Gasteiger partial charge in [-0.2, -0.15) is 0 Å². The van der Waals surface area contributed by atoms with Crippen LogP contribution in [0.1, 0.15) is 19.8 Å². The van der Waals surface area contributed by atoms with Crippen molar-refractivity contribution in [3.8, 4) is 5.75 Å². The fourth-order valence-electron chi connectivity index (χ4n) is 1.32. The number of halogens is 3. The lowest BCUT2D eigenvalue weighted by molar-refractivity contribution is -0.141. The van der Waals surface area contributed by atoms with Gasteiger partial charge >= 0.3 is 5.97 Å². The number of hydrogen-bond acceptors (Lipinski definition) is 3. The van der Waals surface area contributed by atoms with Gasteiger partial charge in [-0.1, -0.05) is 15.9 Å². The molecule has 1 aromatic carbocycles. The van der Waals surface area contributed by atoms with Gasteiger partial charge in [-0.3, -0.25) is 4.79 Å². The molecule has 0 heterocycles. The lowest BCUT2D eigenvalue weighted by Gasteiger charge is -2.15. The Labute approximate surface area is 112 Å². The fourth-order valence-corrected chi connectivity index (χ4v) is 1.73. The minimum atomic E-state index is -0.785. The predicted molar refractivity (Wildman–Crippen MR) is 65.4 cm³/mol. The standard InChI is InChI=1S/C12H13BrF2O3/c1-7(3-4-11(16)17-2)18-12-9(14)5-8(13)6-10(12)15/h5-7H,3-4H2,1-2H3. The Morgan fingerprint density at radius 1 is 1.39 bits per heavy atom. The predicted octanol–water partition coefficient (Wildman–Crippen LogP) is 3.45. The van der Waals surface area contributed by atoms with Gasteiger partial charge in [0.2, 0.25) is 0 Å². The highest BCUT2D eigenvalue weighted by Crippen LogP contribution is 2.27. The van der Waals surface area contributed by atoms with Crippen molar-refractivity contribution in [2.75, 3.05) is 7.11 Å². The van der Waals surface area contributed by atoms with Crippen LogP contribution in [0.5, 0.6) is 5.75 Å². The highest BCUT2D eigenvalue weighted by Gasteiger charge is 2.16. The molecular weight excluding hydrogens is 310 g/mol. The smallest absolute Gasteiger partial charge is 0.305 e. The first kappa shape index (κ1) is 14.9. The monoisotopic (exact) mass is 322 g/mol.